The van der Waals surface area contributed by atoms with Crippen molar-refractivity contribution in [3.8, 4) is 5.69 Å². The van der Waals surface area contributed by atoms with E-state index >= 15 is 0 Å². The average Bonchev–Trinajstić information content (AvgIpc) is 2.80. The van der Waals surface area contributed by atoms with Crippen LogP contribution in [0.25, 0.3) is 16.5 Å². The maximum absolute atomic E-state index is 11.0. The van der Waals surface area contributed by atoms with E-state index in [9.17, 15) is 4.79 Å². The molecule has 3 aromatic rings. The molecule has 0 saturated heterocycles. The Morgan fingerprint density at radius 1 is 1.20 bits per heavy atom. The van der Waals surface area contributed by atoms with E-state index in [0.29, 0.717) is 5.69 Å². The Morgan fingerprint density at radius 2 is 1.90 bits per heavy atom. The van der Waals surface area contributed by atoms with Gasteiger partial charge in [-0.05, 0) is 42.0 Å². The van der Waals surface area contributed by atoms with Crippen molar-refractivity contribution in [1.29, 1.82) is 0 Å². The lowest BCUT2D eigenvalue weighted by Gasteiger charge is -2.05. The molecule has 0 aliphatic carbocycles. The number of nitrogens with zero attached hydrogens (tertiary/aromatic N) is 3. The molecule has 0 radical (unpaired) electrons. The van der Waals surface area contributed by atoms with Crippen molar-refractivity contribution in [3.63, 3.8) is 0 Å². The molecule has 3 rings (SSSR count). The predicted molar refractivity (Wildman–Crippen MR) is 78.3 cm³/mol. The van der Waals surface area contributed by atoms with Gasteiger partial charge < -0.3 is 5.11 Å². The van der Waals surface area contributed by atoms with Gasteiger partial charge in [0.1, 0.15) is 0 Å². The normalized spacial score (nSPS) is 10.9. The molecule has 0 saturated carbocycles. The van der Waals surface area contributed by atoms with Crippen molar-refractivity contribution < 1.29 is 9.90 Å². The molecule has 1 N–H and O–H groups in total. The molecule has 6 heteroatoms. The van der Waals surface area contributed by atoms with Crippen molar-refractivity contribution in [2.45, 2.75) is 6.92 Å². The third-order valence-corrected chi connectivity index (χ3v) is 3.62. The summed E-state index contributed by atoms with van der Waals surface area (Å²) in [6.07, 6.45) is 0. The summed E-state index contributed by atoms with van der Waals surface area (Å²) in [7, 11) is 0. The third-order valence-electron chi connectivity index (χ3n) is 3.13. The zero-order valence-electron chi connectivity index (χ0n) is 10.5. The minimum Gasteiger partial charge on any atom is -0.476 e. The van der Waals surface area contributed by atoms with Crippen LogP contribution in [0.15, 0.2) is 40.9 Å². The summed E-state index contributed by atoms with van der Waals surface area (Å²) in [5, 5.41) is 18.8. The number of hydrogen-bond donors (Lipinski definition) is 1. The molecular formula is C14H10BrN3O2. The highest BCUT2D eigenvalue weighted by atomic mass is 79.9. The fraction of sp³-hybridized carbons (Fsp3) is 0.0714. The number of aromatic carboxylic acids is 1. The highest BCUT2D eigenvalue weighted by Crippen LogP contribution is 2.23. The summed E-state index contributed by atoms with van der Waals surface area (Å²) < 4.78 is 2.55. The maximum Gasteiger partial charge on any atom is 0.358 e. The van der Waals surface area contributed by atoms with Gasteiger partial charge in [0.2, 0.25) is 0 Å². The second-order valence-electron chi connectivity index (χ2n) is 4.42. The number of fused-ring (bicyclic) bond motifs is 1. The summed E-state index contributed by atoms with van der Waals surface area (Å²) in [4.78, 5) is 11.0. The Hall–Kier alpha value is -2.21. The molecule has 0 atom stereocenters. The predicted octanol–water partition coefficient (Wildman–Crippen LogP) is 3.19. The lowest BCUT2D eigenvalue weighted by atomic mass is 10.1. The van der Waals surface area contributed by atoms with Gasteiger partial charge in [0.25, 0.3) is 0 Å². The monoisotopic (exact) mass is 331 g/mol. The van der Waals surface area contributed by atoms with Gasteiger partial charge in [-0.1, -0.05) is 33.3 Å². The van der Waals surface area contributed by atoms with E-state index in [2.05, 4.69) is 26.2 Å². The van der Waals surface area contributed by atoms with E-state index in [1.54, 1.807) is 6.92 Å². The Kier molecular flexibility index (Phi) is 3.02. The highest BCUT2D eigenvalue weighted by Gasteiger charge is 2.16. The average molecular weight is 332 g/mol. The molecule has 2 aromatic carbocycles. The second-order valence-corrected chi connectivity index (χ2v) is 5.33. The fourth-order valence-electron chi connectivity index (χ4n) is 2.11. The first-order valence-corrected chi connectivity index (χ1v) is 6.71. The summed E-state index contributed by atoms with van der Waals surface area (Å²) in [5.74, 6) is -1.07. The van der Waals surface area contributed by atoms with Gasteiger partial charge in [0, 0.05) is 4.47 Å². The zero-order valence-corrected chi connectivity index (χ0v) is 12.1. The van der Waals surface area contributed by atoms with Gasteiger partial charge in [0.05, 0.1) is 11.4 Å². The van der Waals surface area contributed by atoms with E-state index < -0.39 is 5.97 Å². The lowest BCUT2D eigenvalue weighted by Crippen LogP contribution is -2.02. The van der Waals surface area contributed by atoms with Crippen LogP contribution in [-0.2, 0) is 0 Å². The van der Waals surface area contributed by atoms with E-state index in [1.807, 2.05) is 36.4 Å². The quantitative estimate of drug-likeness (QED) is 0.783. The first-order chi connectivity index (χ1) is 9.56. The molecule has 20 heavy (non-hydrogen) atoms. The topological polar surface area (TPSA) is 68.0 Å². The van der Waals surface area contributed by atoms with Crippen molar-refractivity contribution >= 4 is 32.7 Å². The summed E-state index contributed by atoms with van der Waals surface area (Å²) in [6, 6.07) is 11.8. The van der Waals surface area contributed by atoms with Gasteiger partial charge in [-0.25, -0.2) is 9.48 Å². The van der Waals surface area contributed by atoms with Gasteiger partial charge >= 0.3 is 5.97 Å². The Balaban J connectivity index is 2.15. The molecule has 1 aromatic heterocycles. The summed E-state index contributed by atoms with van der Waals surface area (Å²) in [5.41, 5.74) is 1.27. The Morgan fingerprint density at radius 3 is 2.60 bits per heavy atom. The minimum absolute atomic E-state index is 0.0269. The molecule has 0 bridgehead atoms. The fourth-order valence-corrected chi connectivity index (χ4v) is 2.49. The van der Waals surface area contributed by atoms with Gasteiger partial charge in [-0.2, -0.15) is 0 Å². The van der Waals surface area contributed by atoms with Crippen molar-refractivity contribution in [1.82, 2.24) is 15.0 Å². The van der Waals surface area contributed by atoms with Gasteiger partial charge in [-0.3, -0.25) is 0 Å². The Bertz CT molecular complexity index is 826. The van der Waals surface area contributed by atoms with Crippen LogP contribution in [0, 0.1) is 6.92 Å². The van der Waals surface area contributed by atoms with Crippen LogP contribution in [0.1, 0.15) is 16.2 Å². The van der Waals surface area contributed by atoms with Gasteiger partial charge in [0.15, 0.2) is 5.69 Å². The number of rotatable bonds is 2. The van der Waals surface area contributed by atoms with E-state index in [-0.39, 0.29) is 5.69 Å². The Labute approximate surface area is 123 Å². The number of carbonyl (C=O) groups is 1. The number of hydrogen-bond acceptors (Lipinski definition) is 3. The number of carboxylic acid groups (broad SMARTS) is 1. The van der Waals surface area contributed by atoms with Crippen LogP contribution in [0.3, 0.4) is 0 Å². The molecule has 0 unspecified atom stereocenters. The molecule has 0 aliphatic rings. The first kappa shape index (κ1) is 12.8. The van der Waals surface area contributed by atoms with Crippen LogP contribution in [-0.4, -0.2) is 26.1 Å². The number of halogens is 1. The standard InChI is InChI=1S/C14H10BrN3O2/c1-8-13(14(19)20)16-17-18(8)12-5-3-9-6-11(15)4-2-10(9)7-12/h2-7H,1H3,(H,19,20). The molecule has 0 fully saturated rings. The summed E-state index contributed by atoms with van der Waals surface area (Å²) in [6.45, 7) is 1.69. The first-order valence-electron chi connectivity index (χ1n) is 5.91. The molecule has 1 heterocycles. The molecule has 5 nitrogen and oxygen atoms in total. The van der Waals surface area contributed by atoms with E-state index in [0.717, 1.165) is 20.9 Å². The third kappa shape index (κ3) is 2.08. The number of aromatic nitrogens is 3. The number of benzene rings is 2. The maximum atomic E-state index is 11.0. The van der Waals surface area contributed by atoms with Gasteiger partial charge in [-0.15, -0.1) is 5.10 Å². The second kappa shape index (κ2) is 4.72. The molecule has 0 aliphatic heterocycles. The molecule has 0 spiro atoms. The molecular weight excluding hydrogens is 322 g/mol. The highest BCUT2D eigenvalue weighted by molar-refractivity contribution is 9.10. The van der Waals surface area contributed by atoms with Crippen molar-refractivity contribution in [2.75, 3.05) is 0 Å². The summed E-state index contributed by atoms with van der Waals surface area (Å²) >= 11 is 3.43. The lowest BCUT2D eigenvalue weighted by molar-refractivity contribution is 0.0689. The van der Waals surface area contributed by atoms with Crippen LogP contribution < -0.4 is 0 Å². The SMILES string of the molecule is Cc1c(C(=O)O)nnn1-c1ccc2cc(Br)ccc2c1. The molecule has 0 amide bonds. The van der Waals surface area contributed by atoms with Crippen LogP contribution >= 0.6 is 15.9 Å². The van der Waals surface area contributed by atoms with E-state index in [4.69, 9.17) is 5.11 Å². The van der Waals surface area contributed by atoms with Crippen LogP contribution in [0.2, 0.25) is 0 Å². The van der Waals surface area contributed by atoms with E-state index in [1.165, 1.54) is 4.68 Å². The minimum atomic E-state index is -1.07. The largest absolute Gasteiger partial charge is 0.476 e. The van der Waals surface area contributed by atoms with Crippen molar-refractivity contribution in [2.24, 2.45) is 0 Å². The molecule has 100 valence electrons. The van der Waals surface area contributed by atoms with Crippen molar-refractivity contribution in [3.05, 3.63) is 52.3 Å². The van der Waals surface area contributed by atoms with Crippen LogP contribution in [0.5, 0.6) is 0 Å². The van der Waals surface area contributed by atoms with Crippen LogP contribution in [0.4, 0.5) is 0 Å². The smallest absolute Gasteiger partial charge is 0.358 e. The number of carboxylic acids is 1. The zero-order chi connectivity index (χ0) is 14.3.